The number of hydrazone groups is 1. The summed E-state index contributed by atoms with van der Waals surface area (Å²) in [6, 6.07) is 27.3. The predicted octanol–water partition coefficient (Wildman–Crippen LogP) is 5.91. The topological polar surface area (TPSA) is 113 Å². The number of hydrogen-bond donors (Lipinski definition) is 1. The van der Waals surface area contributed by atoms with Crippen LogP contribution >= 0.6 is 11.8 Å². The van der Waals surface area contributed by atoms with Gasteiger partial charge in [0, 0.05) is 44.6 Å². The number of nitriles is 1. The highest BCUT2D eigenvalue weighted by molar-refractivity contribution is 7.99. The second-order valence-electron chi connectivity index (χ2n) is 8.22. The van der Waals surface area contributed by atoms with Crippen LogP contribution in [-0.4, -0.2) is 21.6 Å². The number of amides is 1. The fourth-order valence-corrected chi connectivity index (χ4v) is 4.73. The Kier molecular flexibility index (Phi) is 7.81. The molecule has 0 fully saturated rings. The van der Waals surface area contributed by atoms with E-state index in [0.717, 1.165) is 32.4 Å². The van der Waals surface area contributed by atoms with E-state index in [1.54, 1.807) is 42.6 Å². The van der Waals surface area contributed by atoms with Crippen molar-refractivity contribution in [2.45, 2.75) is 29.6 Å². The van der Waals surface area contributed by atoms with Crippen LogP contribution in [0, 0.1) is 35.3 Å². The van der Waals surface area contributed by atoms with Crippen molar-refractivity contribution in [3.8, 4) is 11.8 Å². The molecule has 0 saturated carbocycles. The average molecular weight is 510 g/mol. The number of hydrogen-bond acceptors (Lipinski definition) is 6. The molecule has 8 nitrogen and oxygen atoms in total. The molecule has 1 amide bonds. The van der Waals surface area contributed by atoms with Crippen molar-refractivity contribution >= 4 is 29.6 Å². The summed E-state index contributed by atoms with van der Waals surface area (Å²) in [6.45, 7) is 3.96. The molecule has 37 heavy (non-hydrogen) atoms. The zero-order chi connectivity index (χ0) is 26.4. The third-order valence-corrected chi connectivity index (χ3v) is 6.77. The van der Waals surface area contributed by atoms with Gasteiger partial charge in [0.05, 0.1) is 17.2 Å². The molecule has 0 aliphatic heterocycles. The van der Waals surface area contributed by atoms with E-state index in [-0.39, 0.29) is 5.69 Å². The minimum absolute atomic E-state index is 0.0678. The van der Waals surface area contributed by atoms with Crippen molar-refractivity contribution in [1.82, 2.24) is 9.99 Å². The van der Waals surface area contributed by atoms with E-state index in [1.807, 2.05) is 56.3 Å². The first kappa shape index (κ1) is 25.4. The number of aryl methyl sites for hydroxylation is 1. The Hall–Kier alpha value is -4.68. The molecule has 184 valence electrons. The summed E-state index contributed by atoms with van der Waals surface area (Å²) in [7, 11) is 0. The largest absolute Gasteiger partial charge is 0.318 e. The molecule has 0 unspecified atom stereocenters. The number of carbonyl (C=O) groups is 1. The first-order chi connectivity index (χ1) is 17.9. The van der Waals surface area contributed by atoms with Crippen molar-refractivity contribution in [2.24, 2.45) is 5.10 Å². The monoisotopic (exact) mass is 509 g/mol. The molecule has 1 atom stereocenters. The van der Waals surface area contributed by atoms with Crippen LogP contribution in [0.2, 0.25) is 0 Å². The second-order valence-corrected chi connectivity index (χ2v) is 9.36. The smallest absolute Gasteiger partial charge is 0.269 e. The minimum atomic E-state index is -0.937. The number of aromatic nitrogens is 1. The standard InChI is InChI=1S/C28H23N5O3S/c1-19-16-22(18-30-31-28(34)27(17-29)21-6-4-3-5-7-21)20(2)32(19)23-8-12-25(13-9-23)37-26-14-10-24(11-15-26)33(35)36/h3-16,18,27H,1-2H3,(H,31,34)/b30-18-/t27-/m1/s1. The first-order valence-corrected chi connectivity index (χ1v) is 12.2. The van der Waals surface area contributed by atoms with Crippen molar-refractivity contribution in [2.75, 3.05) is 0 Å². The third-order valence-electron chi connectivity index (χ3n) is 5.75. The van der Waals surface area contributed by atoms with Crippen LogP contribution in [0.1, 0.15) is 28.4 Å². The lowest BCUT2D eigenvalue weighted by Gasteiger charge is -2.11. The SMILES string of the molecule is Cc1cc(/C=N\NC(=O)[C@H](C#N)c2ccccc2)c(C)n1-c1ccc(Sc2ccc([N+](=O)[O-])cc2)cc1. The number of non-ortho nitro benzene ring substituents is 1. The van der Waals surface area contributed by atoms with E-state index in [4.69, 9.17) is 0 Å². The number of nitrogens with one attached hydrogen (secondary N) is 1. The van der Waals surface area contributed by atoms with E-state index < -0.39 is 16.7 Å². The maximum atomic E-state index is 12.5. The van der Waals surface area contributed by atoms with E-state index in [1.165, 1.54) is 23.9 Å². The highest BCUT2D eigenvalue weighted by Gasteiger charge is 2.19. The molecule has 0 aliphatic carbocycles. The van der Waals surface area contributed by atoms with Crippen molar-refractivity contribution in [3.05, 3.63) is 118 Å². The van der Waals surface area contributed by atoms with E-state index >= 15 is 0 Å². The van der Waals surface area contributed by atoms with Gasteiger partial charge < -0.3 is 4.57 Å². The summed E-state index contributed by atoms with van der Waals surface area (Å²) in [5.74, 6) is -1.42. The summed E-state index contributed by atoms with van der Waals surface area (Å²) in [6.07, 6.45) is 1.58. The molecule has 1 N–H and O–H groups in total. The molecule has 9 heteroatoms. The molecular weight excluding hydrogens is 486 g/mol. The second kappa shape index (κ2) is 11.4. The van der Waals surface area contributed by atoms with Crippen molar-refractivity contribution < 1.29 is 9.72 Å². The number of rotatable bonds is 8. The van der Waals surface area contributed by atoms with Crippen LogP contribution < -0.4 is 5.43 Å². The van der Waals surface area contributed by atoms with Gasteiger partial charge in [-0.25, -0.2) is 5.43 Å². The van der Waals surface area contributed by atoms with E-state index in [2.05, 4.69) is 15.1 Å². The number of nitro benzene ring substituents is 1. The lowest BCUT2D eigenvalue weighted by atomic mass is 10.0. The van der Waals surface area contributed by atoms with E-state index in [9.17, 15) is 20.2 Å². The molecule has 3 aromatic carbocycles. The quantitative estimate of drug-likeness (QED) is 0.180. The number of carbonyl (C=O) groups excluding carboxylic acids is 1. The molecule has 0 bridgehead atoms. The van der Waals surface area contributed by atoms with Crippen LogP contribution in [0.15, 0.2) is 99.8 Å². The summed E-state index contributed by atoms with van der Waals surface area (Å²) >= 11 is 1.53. The Morgan fingerprint density at radius 1 is 1.05 bits per heavy atom. The van der Waals surface area contributed by atoms with Gasteiger partial charge in [-0.15, -0.1) is 0 Å². The summed E-state index contributed by atoms with van der Waals surface area (Å²) in [5, 5.41) is 24.3. The molecule has 1 heterocycles. The van der Waals surface area contributed by atoms with Gasteiger partial charge >= 0.3 is 0 Å². The Bertz CT molecular complexity index is 1490. The maximum absolute atomic E-state index is 12.5. The maximum Gasteiger partial charge on any atom is 0.269 e. The van der Waals surface area contributed by atoms with Crippen LogP contribution in [0.5, 0.6) is 0 Å². The lowest BCUT2D eigenvalue weighted by molar-refractivity contribution is -0.384. The molecular formula is C28H23N5O3S. The minimum Gasteiger partial charge on any atom is -0.318 e. The third kappa shape index (κ3) is 5.94. The molecule has 0 radical (unpaired) electrons. The van der Waals surface area contributed by atoms with Gasteiger partial charge in [-0.3, -0.25) is 14.9 Å². The summed E-state index contributed by atoms with van der Waals surface area (Å²) in [5.41, 5.74) is 6.93. The lowest BCUT2D eigenvalue weighted by Crippen LogP contribution is -2.24. The van der Waals surface area contributed by atoms with Gasteiger partial charge in [-0.2, -0.15) is 10.4 Å². The predicted molar refractivity (Wildman–Crippen MR) is 143 cm³/mol. The van der Waals surface area contributed by atoms with Gasteiger partial charge in [-0.1, -0.05) is 42.1 Å². The number of nitro groups is 1. The van der Waals surface area contributed by atoms with Gasteiger partial charge in [-0.05, 0) is 61.9 Å². The normalized spacial score (nSPS) is 11.7. The molecule has 0 aliphatic rings. The van der Waals surface area contributed by atoms with Crippen LogP contribution in [0.4, 0.5) is 5.69 Å². The average Bonchev–Trinajstić information content (AvgIpc) is 3.18. The van der Waals surface area contributed by atoms with Gasteiger partial charge in [0.2, 0.25) is 0 Å². The first-order valence-electron chi connectivity index (χ1n) is 11.4. The molecule has 0 spiro atoms. The Morgan fingerprint density at radius 2 is 1.68 bits per heavy atom. The highest BCUT2D eigenvalue weighted by Crippen LogP contribution is 2.30. The summed E-state index contributed by atoms with van der Waals surface area (Å²) < 4.78 is 2.09. The fraction of sp³-hybridized carbons (Fsp3) is 0.107. The van der Waals surface area contributed by atoms with Gasteiger partial charge in [0.25, 0.3) is 11.6 Å². The Morgan fingerprint density at radius 3 is 2.27 bits per heavy atom. The Balaban J connectivity index is 1.45. The van der Waals surface area contributed by atoms with Crippen LogP contribution in [0.25, 0.3) is 5.69 Å². The summed E-state index contributed by atoms with van der Waals surface area (Å²) in [4.78, 5) is 24.8. The van der Waals surface area contributed by atoms with Crippen LogP contribution in [-0.2, 0) is 4.79 Å². The number of nitrogens with zero attached hydrogens (tertiary/aromatic N) is 4. The van der Waals surface area contributed by atoms with Gasteiger partial charge in [0.15, 0.2) is 5.92 Å². The molecule has 1 aromatic heterocycles. The van der Waals surface area contributed by atoms with E-state index in [0.29, 0.717) is 5.56 Å². The van der Waals surface area contributed by atoms with Crippen LogP contribution in [0.3, 0.4) is 0 Å². The molecule has 0 saturated heterocycles. The van der Waals surface area contributed by atoms with Gasteiger partial charge in [0.1, 0.15) is 0 Å². The highest BCUT2D eigenvalue weighted by atomic mass is 32.2. The fourth-order valence-electron chi connectivity index (χ4n) is 3.91. The van der Waals surface area contributed by atoms with Crippen molar-refractivity contribution in [3.63, 3.8) is 0 Å². The van der Waals surface area contributed by atoms with Crippen molar-refractivity contribution in [1.29, 1.82) is 5.26 Å². The Labute approximate surface area is 218 Å². The molecule has 4 rings (SSSR count). The number of benzene rings is 3. The zero-order valence-corrected chi connectivity index (χ0v) is 21.0. The zero-order valence-electron chi connectivity index (χ0n) is 20.2. The molecule has 4 aromatic rings.